The molecule has 0 fully saturated rings. The van der Waals surface area contributed by atoms with Crippen molar-refractivity contribution in [1.82, 2.24) is 5.32 Å². The maximum atomic E-state index is 11.4. The lowest BCUT2D eigenvalue weighted by molar-refractivity contribution is -0.144. The summed E-state index contributed by atoms with van der Waals surface area (Å²) >= 11 is 0. The third kappa shape index (κ3) is 6.96. The average molecular weight is 303 g/mol. The van der Waals surface area contributed by atoms with Gasteiger partial charge in [0, 0.05) is 6.54 Å². The number of nitrogens with one attached hydrogen (secondary N) is 1. The van der Waals surface area contributed by atoms with Gasteiger partial charge >= 0.3 is 12.1 Å². The zero-order valence-corrected chi connectivity index (χ0v) is 12.0. The first-order chi connectivity index (χ1) is 9.13. The van der Waals surface area contributed by atoms with Crippen molar-refractivity contribution in [2.24, 2.45) is 5.73 Å². The highest BCUT2D eigenvalue weighted by Crippen LogP contribution is 2.00. The van der Waals surface area contributed by atoms with E-state index in [2.05, 4.69) is 5.32 Å². The maximum Gasteiger partial charge on any atom is 0.407 e. The average Bonchev–Trinajstić information content (AvgIpc) is 2.43. The first-order valence-corrected chi connectivity index (χ1v) is 6.00. The molecule has 1 aromatic carbocycles. The summed E-state index contributed by atoms with van der Waals surface area (Å²) in [6, 6.07) is 8.39. The van der Waals surface area contributed by atoms with Crippen molar-refractivity contribution < 1.29 is 19.1 Å². The summed E-state index contributed by atoms with van der Waals surface area (Å²) in [7, 11) is 0. The fourth-order valence-corrected chi connectivity index (χ4v) is 1.30. The van der Waals surface area contributed by atoms with Crippen LogP contribution in [0.5, 0.6) is 0 Å². The Labute approximate surface area is 124 Å². The second-order valence-electron chi connectivity index (χ2n) is 3.80. The van der Waals surface area contributed by atoms with Gasteiger partial charge in [-0.2, -0.15) is 0 Å². The van der Waals surface area contributed by atoms with E-state index in [0.29, 0.717) is 0 Å². The van der Waals surface area contributed by atoms with E-state index in [4.69, 9.17) is 15.2 Å². The third-order valence-corrected chi connectivity index (χ3v) is 2.27. The zero-order valence-electron chi connectivity index (χ0n) is 11.2. The number of halogens is 1. The Morgan fingerprint density at radius 2 is 1.90 bits per heavy atom. The van der Waals surface area contributed by atoms with Gasteiger partial charge in [0.2, 0.25) is 0 Å². The number of alkyl carbamates (subject to hydrolysis) is 1. The summed E-state index contributed by atoms with van der Waals surface area (Å²) in [5.41, 5.74) is 6.40. The lowest BCUT2D eigenvalue weighted by Gasteiger charge is -2.11. The van der Waals surface area contributed by atoms with Crippen LogP contribution in [0.25, 0.3) is 0 Å². The van der Waals surface area contributed by atoms with Crippen LogP contribution in [0.1, 0.15) is 12.5 Å². The smallest absolute Gasteiger partial charge is 0.407 e. The minimum Gasteiger partial charge on any atom is -0.465 e. The number of carbonyl (C=O) groups excluding carboxylic acids is 2. The topological polar surface area (TPSA) is 90.6 Å². The number of nitrogens with two attached hydrogens (primary N) is 1. The highest BCUT2D eigenvalue weighted by molar-refractivity contribution is 5.85. The number of hydrogen-bond donors (Lipinski definition) is 2. The Hall–Kier alpha value is -1.79. The van der Waals surface area contributed by atoms with E-state index in [1.807, 2.05) is 30.3 Å². The van der Waals surface area contributed by atoms with Crippen molar-refractivity contribution in [1.29, 1.82) is 0 Å². The van der Waals surface area contributed by atoms with Crippen LogP contribution >= 0.6 is 12.4 Å². The van der Waals surface area contributed by atoms with Crippen molar-refractivity contribution in [2.45, 2.75) is 19.6 Å². The lowest BCUT2D eigenvalue weighted by atomic mass is 10.2. The van der Waals surface area contributed by atoms with E-state index in [0.717, 1.165) is 5.56 Å². The molecular weight excluding hydrogens is 284 g/mol. The monoisotopic (exact) mass is 302 g/mol. The van der Waals surface area contributed by atoms with Gasteiger partial charge in [-0.1, -0.05) is 30.3 Å². The molecule has 1 amide bonds. The summed E-state index contributed by atoms with van der Waals surface area (Å²) < 4.78 is 9.67. The van der Waals surface area contributed by atoms with Crippen LogP contribution in [0.3, 0.4) is 0 Å². The number of amides is 1. The van der Waals surface area contributed by atoms with E-state index in [9.17, 15) is 9.59 Å². The van der Waals surface area contributed by atoms with Gasteiger partial charge in [-0.25, -0.2) is 4.79 Å². The van der Waals surface area contributed by atoms with E-state index in [-0.39, 0.29) is 32.2 Å². The molecule has 1 rings (SSSR count). The fourth-order valence-electron chi connectivity index (χ4n) is 1.30. The molecule has 7 heteroatoms. The SMILES string of the molecule is CCOC(=O)[C@@H](N)CNC(=O)OCc1ccccc1.Cl. The Bertz CT molecular complexity index is 414. The second-order valence-corrected chi connectivity index (χ2v) is 3.80. The van der Waals surface area contributed by atoms with Gasteiger partial charge in [-0.05, 0) is 12.5 Å². The molecule has 0 aliphatic carbocycles. The van der Waals surface area contributed by atoms with Gasteiger partial charge in [-0.15, -0.1) is 12.4 Å². The molecule has 112 valence electrons. The number of benzene rings is 1. The molecular formula is C13H19ClN2O4. The quantitative estimate of drug-likeness (QED) is 0.771. The first-order valence-electron chi connectivity index (χ1n) is 6.00. The molecule has 0 aliphatic rings. The fraction of sp³-hybridized carbons (Fsp3) is 0.385. The summed E-state index contributed by atoms with van der Waals surface area (Å²) in [6.07, 6.45) is -0.622. The number of carbonyl (C=O) groups is 2. The molecule has 0 spiro atoms. The van der Waals surface area contributed by atoms with Crippen molar-refractivity contribution >= 4 is 24.5 Å². The Morgan fingerprint density at radius 1 is 1.25 bits per heavy atom. The zero-order chi connectivity index (χ0) is 14.1. The van der Waals surface area contributed by atoms with Crippen molar-refractivity contribution in [3.8, 4) is 0 Å². The molecule has 0 saturated carbocycles. The Kier molecular flexibility index (Phi) is 9.15. The molecule has 0 bridgehead atoms. The van der Waals surface area contributed by atoms with Gasteiger partial charge in [-0.3, -0.25) is 4.79 Å². The Balaban J connectivity index is 0.00000361. The number of hydrogen-bond acceptors (Lipinski definition) is 5. The van der Waals surface area contributed by atoms with Crippen molar-refractivity contribution in [3.63, 3.8) is 0 Å². The van der Waals surface area contributed by atoms with Crippen LogP contribution in [0, 0.1) is 0 Å². The molecule has 20 heavy (non-hydrogen) atoms. The third-order valence-electron chi connectivity index (χ3n) is 2.27. The van der Waals surface area contributed by atoms with Gasteiger partial charge < -0.3 is 20.5 Å². The molecule has 1 atom stereocenters. The van der Waals surface area contributed by atoms with E-state index < -0.39 is 18.1 Å². The molecule has 1 aromatic rings. The highest BCUT2D eigenvalue weighted by Gasteiger charge is 2.15. The molecule has 0 aromatic heterocycles. The molecule has 0 aliphatic heterocycles. The van der Waals surface area contributed by atoms with Gasteiger partial charge in [0.25, 0.3) is 0 Å². The highest BCUT2D eigenvalue weighted by atomic mass is 35.5. The predicted molar refractivity (Wildman–Crippen MR) is 76.5 cm³/mol. The predicted octanol–water partition coefficient (Wildman–Crippen LogP) is 1.23. The minimum absolute atomic E-state index is 0. The molecule has 0 saturated heterocycles. The molecule has 6 nitrogen and oxygen atoms in total. The van der Waals surface area contributed by atoms with Gasteiger partial charge in [0.15, 0.2) is 0 Å². The van der Waals surface area contributed by atoms with Crippen LogP contribution in [-0.2, 0) is 20.9 Å². The molecule has 0 radical (unpaired) electrons. The second kappa shape index (κ2) is 10.1. The van der Waals surface area contributed by atoms with Crippen LogP contribution in [0.15, 0.2) is 30.3 Å². The normalized spacial score (nSPS) is 10.9. The number of rotatable bonds is 6. The minimum atomic E-state index is -0.885. The van der Waals surface area contributed by atoms with Crippen LogP contribution in [-0.4, -0.2) is 31.3 Å². The first kappa shape index (κ1) is 18.2. The summed E-state index contributed by atoms with van der Waals surface area (Å²) in [5.74, 6) is -0.550. The van der Waals surface area contributed by atoms with Crippen molar-refractivity contribution in [2.75, 3.05) is 13.2 Å². The number of esters is 1. The lowest BCUT2D eigenvalue weighted by Crippen LogP contribution is -2.43. The standard InChI is InChI=1S/C13H18N2O4.ClH/c1-2-18-12(16)11(14)8-15-13(17)19-9-10-6-4-3-5-7-10;/h3-7,11H,2,8-9,14H2,1H3,(H,15,17);1H/t11-;/m0./s1. The summed E-state index contributed by atoms with van der Waals surface area (Å²) in [6.45, 7) is 2.09. The Morgan fingerprint density at radius 3 is 2.50 bits per heavy atom. The largest absolute Gasteiger partial charge is 0.465 e. The summed E-state index contributed by atoms with van der Waals surface area (Å²) in [4.78, 5) is 22.6. The van der Waals surface area contributed by atoms with E-state index >= 15 is 0 Å². The summed E-state index contributed by atoms with van der Waals surface area (Å²) in [5, 5.41) is 2.40. The van der Waals surface area contributed by atoms with Crippen LogP contribution in [0.4, 0.5) is 4.79 Å². The molecule has 0 heterocycles. The molecule has 0 unspecified atom stereocenters. The maximum absolute atomic E-state index is 11.4. The van der Waals surface area contributed by atoms with Crippen LogP contribution in [0.2, 0.25) is 0 Å². The molecule has 3 N–H and O–H groups in total. The van der Waals surface area contributed by atoms with Gasteiger partial charge in [0.1, 0.15) is 12.6 Å². The van der Waals surface area contributed by atoms with Crippen molar-refractivity contribution in [3.05, 3.63) is 35.9 Å². The van der Waals surface area contributed by atoms with Gasteiger partial charge in [0.05, 0.1) is 6.61 Å². The van der Waals surface area contributed by atoms with E-state index in [1.54, 1.807) is 6.92 Å². The number of ether oxygens (including phenoxy) is 2. The van der Waals surface area contributed by atoms with E-state index in [1.165, 1.54) is 0 Å². The van der Waals surface area contributed by atoms with Crippen LogP contribution < -0.4 is 11.1 Å².